The van der Waals surface area contributed by atoms with Gasteiger partial charge in [0.2, 0.25) is 0 Å². The van der Waals surface area contributed by atoms with Gasteiger partial charge < -0.3 is 9.47 Å². The fourth-order valence-electron chi connectivity index (χ4n) is 1.94. The van der Waals surface area contributed by atoms with Gasteiger partial charge in [-0.25, -0.2) is 0 Å². The minimum absolute atomic E-state index is 0. The van der Waals surface area contributed by atoms with Crippen molar-refractivity contribution in [3.8, 4) is 11.5 Å². The Morgan fingerprint density at radius 2 is 1.58 bits per heavy atom. The fourth-order valence-corrected chi connectivity index (χ4v) is 1.94. The summed E-state index contributed by atoms with van der Waals surface area (Å²) in [4.78, 5) is 22.7. The molecule has 0 fully saturated rings. The van der Waals surface area contributed by atoms with E-state index in [1.165, 1.54) is 32.3 Å². The zero-order valence-corrected chi connectivity index (χ0v) is 18.3. The van der Waals surface area contributed by atoms with E-state index in [-0.39, 0.29) is 47.0 Å². The third kappa shape index (κ3) is 16.3. The van der Waals surface area contributed by atoms with E-state index < -0.39 is 16.6 Å². The van der Waals surface area contributed by atoms with Crippen LogP contribution in [0.1, 0.15) is 58.8 Å². The van der Waals surface area contributed by atoms with Crippen molar-refractivity contribution in [2.45, 2.75) is 58.8 Å². The zero-order chi connectivity index (χ0) is 19.1. The molecule has 9 heteroatoms. The summed E-state index contributed by atoms with van der Waals surface area (Å²) in [6.45, 7) is 3.48. The number of hydrogen-bond donors (Lipinski definition) is 0. The van der Waals surface area contributed by atoms with Crippen molar-refractivity contribution >= 4 is 22.5 Å². The molecule has 1 aromatic carbocycles. The molecule has 7 nitrogen and oxygen atoms in total. The Kier molecular flexibility index (Phi) is 17.9. The Balaban J connectivity index is 0. The molecule has 0 bridgehead atoms. The number of benzene rings is 1. The largest absolute Gasteiger partial charge is 1.00 e. The van der Waals surface area contributed by atoms with Crippen molar-refractivity contribution in [2.75, 3.05) is 0 Å². The first-order valence-corrected chi connectivity index (χ1v) is 9.02. The molecule has 140 valence electrons. The van der Waals surface area contributed by atoms with Gasteiger partial charge in [0.25, 0.3) is 5.97 Å². The second-order valence-electron chi connectivity index (χ2n) is 5.16. The number of rotatable bonds is 9. The topological polar surface area (TPSA) is 104 Å². The van der Waals surface area contributed by atoms with Crippen LogP contribution >= 0.6 is 0 Å². The number of ether oxygens (including phenoxy) is 2. The summed E-state index contributed by atoms with van der Waals surface area (Å²) in [7, 11) is -3.11. The van der Waals surface area contributed by atoms with E-state index in [1.54, 1.807) is 12.1 Å². The number of esters is 2. The predicted molar refractivity (Wildman–Crippen MR) is 89.9 cm³/mol. The van der Waals surface area contributed by atoms with E-state index in [0.29, 0.717) is 6.42 Å². The SMILES string of the molecule is CCCCCCCCC(=O)Oc1cc[c-]cc1OC(C)=O.O=S(=O)=O.[Na+]. The minimum atomic E-state index is -3.11. The van der Waals surface area contributed by atoms with Crippen LogP contribution < -0.4 is 39.0 Å². The van der Waals surface area contributed by atoms with Crippen LogP contribution in [0.2, 0.25) is 0 Å². The molecular formula is C17H23NaO7S. The van der Waals surface area contributed by atoms with Gasteiger partial charge in [-0.2, -0.15) is 12.1 Å². The normalized spacial score (nSPS) is 9.15. The third-order valence-corrected chi connectivity index (χ3v) is 3.00. The van der Waals surface area contributed by atoms with Gasteiger partial charge in [0, 0.05) is 13.3 Å². The van der Waals surface area contributed by atoms with Crippen LogP contribution in [0.15, 0.2) is 18.2 Å². The molecule has 0 unspecified atom stereocenters. The number of unbranched alkanes of at least 4 members (excludes halogenated alkanes) is 5. The van der Waals surface area contributed by atoms with Crippen LogP contribution in [-0.4, -0.2) is 24.6 Å². The first-order valence-electron chi connectivity index (χ1n) is 8.02. The summed E-state index contributed by atoms with van der Waals surface area (Å²) in [5.41, 5.74) is 0. The van der Waals surface area contributed by atoms with Gasteiger partial charge in [-0.3, -0.25) is 9.59 Å². The summed E-state index contributed by atoms with van der Waals surface area (Å²) in [5.74, 6) is -0.269. The van der Waals surface area contributed by atoms with Gasteiger partial charge in [-0.1, -0.05) is 39.0 Å². The van der Waals surface area contributed by atoms with Crippen molar-refractivity contribution in [1.29, 1.82) is 0 Å². The predicted octanol–water partition coefficient (Wildman–Crippen LogP) is 0.0680. The summed E-state index contributed by atoms with van der Waals surface area (Å²) in [5, 5.41) is 0. The van der Waals surface area contributed by atoms with Crippen LogP contribution in [0.25, 0.3) is 0 Å². The van der Waals surface area contributed by atoms with E-state index in [2.05, 4.69) is 13.0 Å². The van der Waals surface area contributed by atoms with Gasteiger partial charge in [0.1, 0.15) is 0 Å². The van der Waals surface area contributed by atoms with Crippen LogP contribution in [0.5, 0.6) is 11.5 Å². The van der Waals surface area contributed by atoms with Gasteiger partial charge in [0.05, 0.1) is 11.5 Å². The standard InChI is InChI=1S/C17H23O4.Na.O3S/c1-3-4-5-6-7-8-13-17(19)21-16-12-10-9-11-15(16)20-14(2)18;;1-4(2)3/h10-12H,3-8,13H2,1-2H3;;/q-1;+1;. The maximum Gasteiger partial charge on any atom is 1.00 e. The molecule has 0 radical (unpaired) electrons. The Hall–Kier alpha value is -1.22. The van der Waals surface area contributed by atoms with Crippen molar-refractivity contribution in [1.82, 2.24) is 0 Å². The molecule has 0 aliphatic rings. The Bertz CT molecular complexity index is 637. The van der Waals surface area contributed by atoms with E-state index in [0.717, 1.165) is 19.3 Å². The monoisotopic (exact) mass is 394 g/mol. The molecule has 0 atom stereocenters. The first-order chi connectivity index (χ1) is 11.9. The molecular weight excluding hydrogens is 371 g/mol. The second-order valence-corrected chi connectivity index (χ2v) is 5.57. The van der Waals surface area contributed by atoms with Crippen LogP contribution in [0, 0.1) is 6.07 Å². The number of carbonyl (C=O) groups excluding carboxylic acids is 2. The zero-order valence-electron chi connectivity index (χ0n) is 15.4. The molecule has 1 aromatic rings. The third-order valence-electron chi connectivity index (χ3n) is 3.00. The summed E-state index contributed by atoms with van der Waals surface area (Å²) < 4.78 is 35.5. The minimum Gasteiger partial charge on any atom is -0.487 e. The molecule has 0 aromatic heterocycles. The molecule has 0 saturated heterocycles. The quantitative estimate of drug-likeness (QED) is 0.192. The maximum atomic E-state index is 11.8. The summed E-state index contributed by atoms with van der Waals surface area (Å²) in [6.07, 6.45) is 7.07. The van der Waals surface area contributed by atoms with Gasteiger partial charge in [-0.05, 0) is 6.42 Å². The van der Waals surface area contributed by atoms with Crippen molar-refractivity contribution < 1.29 is 61.2 Å². The van der Waals surface area contributed by atoms with Gasteiger partial charge in [-0.15, -0.1) is 24.8 Å². The molecule has 26 heavy (non-hydrogen) atoms. The fraction of sp³-hybridized carbons (Fsp3) is 0.529. The average molecular weight is 394 g/mol. The Labute approximate surface area is 177 Å². The molecule has 1 rings (SSSR count). The average Bonchev–Trinajstić information content (AvgIpc) is 2.51. The van der Waals surface area contributed by atoms with Crippen LogP contribution in [0.4, 0.5) is 0 Å². The van der Waals surface area contributed by atoms with E-state index in [9.17, 15) is 9.59 Å². The van der Waals surface area contributed by atoms with Crippen LogP contribution in [0.3, 0.4) is 0 Å². The second kappa shape index (κ2) is 17.2. The van der Waals surface area contributed by atoms with E-state index in [1.807, 2.05) is 0 Å². The first kappa shape index (κ1) is 27.0. The Morgan fingerprint density at radius 1 is 1.00 bits per heavy atom. The summed E-state index contributed by atoms with van der Waals surface area (Å²) >= 11 is 0. The number of carbonyl (C=O) groups is 2. The number of hydrogen-bond acceptors (Lipinski definition) is 7. The van der Waals surface area contributed by atoms with Crippen LogP contribution in [-0.2, 0) is 20.2 Å². The van der Waals surface area contributed by atoms with Crippen molar-refractivity contribution in [2.24, 2.45) is 0 Å². The molecule has 0 spiro atoms. The molecule has 0 aliphatic heterocycles. The maximum absolute atomic E-state index is 11.8. The van der Waals surface area contributed by atoms with E-state index >= 15 is 0 Å². The molecule has 0 N–H and O–H groups in total. The smallest absolute Gasteiger partial charge is 0.487 e. The molecule has 0 saturated carbocycles. The van der Waals surface area contributed by atoms with Gasteiger partial charge >= 0.3 is 46.1 Å². The van der Waals surface area contributed by atoms with E-state index in [4.69, 9.17) is 22.1 Å². The van der Waals surface area contributed by atoms with Crippen molar-refractivity contribution in [3.63, 3.8) is 0 Å². The Morgan fingerprint density at radius 3 is 2.15 bits per heavy atom. The van der Waals surface area contributed by atoms with Gasteiger partial charge in [0.15, 0.2) is 0 Å². The molecule has 0 heterocycles. The summed E-state index contributed by atoms with van der Waals surface area (Å²) in [6, 6.07) is 7.44. The molecule has 0 aliphatic carbocycles. The molecule has 0 amide bonds. The van der Waals surface area contributed by atoms with Crippen molar-refractivity contribution in [3.05, 3.63) is 24.3 Å².